The molecule has 2 N–H and O–H groups in total. The number of nitro groups is 1. The van der Waals surface area contributed by atoms with Crippen LogP contribution in [-0.2, 0) is 0 Å². The van der Waals surface area contributed by atoms with E-state index in [2.05, 4.69) is 10.5 Å². The number of benzene rings is 3. The fourth-order valence-corrected chi connectivity index (χ4v) is 2.73. The number of rotatable bonds is 7. The van der Waals surface area contributed by atoms with Crippen molar-refractivity contribution in [1.29, 1.82) is 0 Å². The van der Waals surface area contributed by atoms with Crippen molar-refractivity contribution in [3.63, 3.8) is 0 Å². The molecule has 148 valence electrons. The Morgan fingerprint density at radius 1 is 1.03 bits per heavy atom. The van der Waals surface area contributed by atoms with Gasteiger partial charge >= 0.3 is 0 Å². The minimum atomic E-state index is -0.470. The zero-order valence-corrected chi connectivity index (χ0v) is 15.8. The average Bonchev–Trinajstić information content (AvgIpc) is 2.75. The number of nitro benzene ring substituents is 1. The third-order valence-electron chi connectivity index (χ3n) is 4.17. The second kappa shape index (κ2) is 8.75. The lowest BCUT2D eigenvalue weighted by molar-refractivity contribution is -0.384. The molecule has 0 saturated carbocycles. The van der Waals surface area contributed by atoms with Gasteiger partial charge in [0.15, 0.2) is 0 Å². The number of nitrogens with zero attached hydrogens (tertiary/aromatic N) is 2. The van der Waals surface area contributed by atoms with Crippen molar-refractivity contribution >= 4 is 17.1 Å². The number of anilines is 1. The van der Waals surface area contributed by atoms with Crippen LogP contribution in [0, 0.1) is 10.1 Å². The van der Waals surface area contributed by atoms with E-state index in [1.807, 2.05) is 30.3 Å². The van der Waals surface area contributed by atoms with Crippen molar-refractivity contribution in [2.24, 2.45) is 5.10 Å². The highest BCUT2D eigenvalue weighted by atomic mass is 16.6. The van der Waals surface area contributed by atoms with E-state index >= 15 is 0 Å². The number of hydrazone groups is 1. The minimum Gasteiger partial charge on any atom is -0.507 e. The summed E-state index contributed by atoms with van der Waals surface area (Å²) in [4.78, 5) is 10.3. The van der Waals surface area contributed by atoms with Gasteiger partial charge in [-0.3, -0.25) is 15.5 Å². The molecule has 3 aromatic rings. The summed E-state index contributed by atoms with van der Waals surface area (Å²) in [6.45, 7) is 0. The Bertz CT molecular complexity index is 1030. The number of phenols is 1. The predicted octanol–water partition coefficient (Wildman–Crippen LogP) is 4.18. The van der Waals surface area contributed by atoms with E-state index in [1.54, 1.807) is 18.2 Å². The van der Waals surface area contributed by atoms with E-state index in [0.29, 0.717) is 28.5 Å². The second-order valence-electron chi connectivity index (χ2n) is 5.97. The second-order valence-corrected chi connectivity index (χ2v) is 5.97. The number of nitrogens with one attached hydrogen (secondary N) is 1. The summed E-state index contributed by atoms with van der Waals surface area (Å²) in [6, 6.07) is 18.3. The van der Waals surface area contributed by atoms with E-state index in [0.717, 1.165) is 5.56 Å². The predicted molar refractivity (Wildman–Crippen MR) is 110 cm³/mol. The standard InChI is InChI=1S/C21H19N3O5/c1-28-17-12-18(25)20(19(13-17)29-2)21(14-6-4-3-5-7-14)23-22-15-8-10-16(11-9-15)24(26)27/h3-13,22,25H,1-2H3/b23-21+. The largest absolute Gasteiger partial charge is 0.507 e. The monoisotopic (exact) mass is 393 g/mol. The number of aromatic hydroxyl groups is 1. The van der Waals surface area contributed by atoms with Gasteiger partial charge in [0.25, 0.3) is 5.69 Å². The van der Waals surface area contributed by atoms with Gasteiger partial charge in [-0.15, -0.1) is 0 Å². The Morgan fingerprint density at radius 2 is 1.72 bits per heavy atom. The van der Waals surface area contributed by atoms with Gasteiger partial charge in [0.2, 0.25) is 0 Å². The van der Waals surface area contributed by atoms with Crippen LogP contribution in [0.2, 0.25) is 0 Å². The molecule has 0 aromatic heterocycles. The molecule has 0 saturated heterocycles. The van der Waals surface area contributed by atoms with Crippen molar-refractivity contribution in [2.45, 2.75) is 0 Å². The van der Waals surface area contributed by atoms with Gasteiger partial charge in [0.05, 0.1) is 30.4 Å². The van der Waals surface area contributed by atoms with Crippen LogP contribution in [0.1, 0.15) is 11.1 Å². The average molecular weight is 393 g/mol. The highest BCUT2D eigenvalue weighted by Crippen LogP contribution is 2.35. The molecule has 8 heteroatoms. The summed E-state index contributed by atoms with van der Waals surface area (Å²) in [7, 11) is 2.99. The summed E-state index contributed by atoms with van der Waals surface area (Å²) in [5, 5.41) is 25.9. The van der Waals surface area contributed by atoms with Crippen LogP contribution < -0.4 is 14.9 Å². The van der Waals surface area contributed by atoms with Crippen LogP contribution >= 0.6 is 0 Å². The number of phenolic OH excluding ortho intramolecular Hbond substituents is 1. The highest BCUT2D eigenvalue weighted by Gasteiger charge is 2.19. The quantitative estimate of drug-likeness (QED) is 0.354. The van der Waals surface area contributed by atoms with E-state index in [9.17, 15) is 15.2 Å². The molecule has 0 aliphatic rings. The SMILES string of the molecule is COc1cc(O)c(/C(=N/Nc2ccc([N+](=O)[O-])cc2)c2ccccc2)c(OC)c1. The molecule has 29 heavy (non-hydrogen) atoms. The zero-order chi connectivity index (χ0) is 20.8. The van der Waals surface area contributed by atoms with Crippen molar-refractivity contribution in [2.75, 3.05) is 19.6 Å². The lowest BCUT2D eigenvalue weighted by Gasteiger charge is -2.15. The first-order chi connectivity index (χ1) is 14.0. The smallest absolute Gasteiger partial charge is 0.269 e. The molecule has 8 nitrogen and oxygen atoms in total. The first-order valence-corrected chi connectivity index (χ1v) is 8.62. The first-order valence-electron chi connectivity index (χ1n) is 8.62. The van der Waals surface area contributed by atoms with Crippen molar-refractivity contribution in [1.82, 2.24) is 0 Å². The van der Waals surface area contributed by atoms with Crippen LogP contribution in [0.4, 0.5) is 11.4 Å². The molecule has 0 amide bonds. The maximum absolute atomic E-state index is 10.8. The van der Waals surface area contributed by atoms with Gasteiger partial charge in [-0.1, -0.05) is 30.3 Å². The summed E-state index contributed by atoms with van der Waals surface area (Å²) in [5.74, 6) is 0.767. The maximum Gasteiger partial charge on any atom is 0.269 e. The lowest BCUT2D eigenvalue weighted by atomic mass is 10.00. The van der Waals surface area contributed by atoms with Gasteiger partial charge in [-0.05, 0) is 12.1 Å². The van der Waals surface area contributed by atoms with Crippen LogP contribution in [-0.4, -0.2) is 30.0 Å². The van der Waals surface area contributed by atoms with Gasteiger partial charge in [0.1, 0.15) is 23.0 Å². The number of ether oxygens (including phenoxy) is 2. The molecule has 0 spiro atoms. The van der Waals surface area contributed by atoms with E-state index in [-0.39, 0.29) is 11.4 Å². The summed E-state index contributed by atoms with van der Waals surface area (Å²) >= 11 is 0. The van der Waals surface area contributed by atoms with Crippen LogP contribution in [0.15, 0.2) is 71.8 Å². The fraction of sp³-hybridized carbons (Fsp3) is 0.0952. The normalized spacial score (nSPS) is 11.0. The summed E-state index contributed by atoms with van der Waals surface area (Å²) < 4.78 is 10.6. The third-order valence-corrected chi connectivity index (χ3v) is 4.17. The fourth-order valence-electron chi connectivity index (χ4n) is 2.73. The molecule has 3 rings (SSSR count). The summed E-state index contributed by atoms with van der Waals surface area (Å²) in [6.07, 6.45) is 0. The molecule has 0 aliphatic heterocycles. The molecule has 0 fully saturated rings. The molecule has 0 heterocycles. The van der Waals surface area contributed by atoms with E-state index in [4.69, 9.17) is 9.47 Å². The molecule has 0 unspecified atom stereocenters. The Hall–Kier alpha value is -4.07. The highest BCUT2D eigenvalue weighted by molar-refractivity contribution is 6.16. The Balaban J connectivity index is 2.07. The van der Waals surface area contributed by atoms with Gasteiger partial charge in [-0.25, -0.2) is 0 Å². The number of methoxy groups -OCH3 is 2. The molecule has 0 radical (unpaired) electrons. The molecular weight excluding hydrogens is 374 g/mol. The third kappa shape index (κ3) is 4.44. The maximum atomic E-state index is 10.8. The van der Waals surface area contributed by atoms with Crippen LogP contribution in [0.5, 0.6) is 17.2 Å². The van der Waals surface area contributed by atoms with Crippen molar-refractivity contribution < 1.29 is 19.5 Å². The molecule has 0 aliphatic carbocycles. The van der Waals surface area contributed by atoms with Gasteiger partial charge in [-0.2, -0.15) is 5.10 Å². The number of non-ortho nitro benzene ring substituents is 1. The molecule has 0 atom stereocenters. The molecular formula is C21H19N3O5. The number of hydrogen-bond donors (Lipinski definition) is 2. The zero-order valence-electron chi connectivity index (χ0n) is 15.8. The molecule has 3 aromatic carbocycles. The van der Waals surface area contributed by atoms with Crippen molar-refractivity contribution in [3.05, 3.63) is 88.0 Å². The Kier molecular flexibility index (Phi) is 5.94. The Labute approximate surface area is 167 Å². The summed E-state index contributed by atoms with van der Waals surface area (Å²) in [5.41, 5.74) is 4.97. The van der Waals surface area contributed by atoms with Gasteiger partial charge < -0.3 is 14.6 Å². The minimum absolute atomic E-state index is 0.0164. The lowest BCUT2D eigenvalue weighted by Crippen LogP contribution is -2.09. The van der Waals surface area contributed by atoms with E-state index < -0.39 is 4.92 Å². The molecule has 0 bridgehead atoms. The Morgan fingerprint density at radius 3 is 2.31 bits per heavy atom. The topological polar surface area (TPSA) is 106 Å². The van der Waals surface area contributed by atoms with Crippen LogP contribution in [0.3, 0.4) is 0 Å². The number of hydrogen-bond acceptors (Lipinski definition) is 7. The van der Waals surface area contributed by atoms with Gasteiger partial charge in [0, 0.05) is 29.8 Å². The first kappa shape index (κ1) is 19.7. The van der Waals surface area contributed by atoms with E-state index in [1.165, 1.54) is 32.4 Å². The van der Waals surface area contributed by atoms with Crippen LogP contribution in [0.25, 0.3) is 0 Å². The van der Waals surface area contributed by atoms with Crippen molar-refractivity contribution in [3.8, 4) is 17.2 Å².